The van der Waals surface area contributed by atoms with Crippen LogP contribution in [0.5, 0.6) is 11.5 Å². The quantitative estimate of drug-likeness (QED) is 0.519. The van der Waals surface area contributed by atoms with Crippen molar-refractivity contribution in [1.29, 1.82) is 0 Å². The first-order chi connectivity index (χ1) is 13.8. The number of rotatable bonds is 7. The largest absolute Gasteiger partial charge is 0.493 e. The second-order valence-corrected chi connectivity index (χ2v) is 7.40. The molecule has 0 spiro atoms. The van der Waals surface area contributed by atoms with Gasteiger partial charge in [0.2, 0.25) is 0 Å². The zero-order valence-electron chi connectivity index (χ0n) is 16.4. The third kappa shape index (κ3) is 4.36. The van der Waals surface area contributed by atoms with Crippen molar-refractivity contribution < 1.29 is 9.47 Å². The molecule has 1 saturated carbocycles. The van der Waals surface area contributed by atoms with Gasteiger partial charge in [-0.2, -0.15) is 0 Å². The number of nitrogens with zero attached hydrogens (tertiary/aromatic N) is 1. The zero-order valence-corrected chi connectivity index (χ0v) is 16.4. The average molecular weight is 373 g/mol. The molecule has 0 aliphatic heterocycles. The number of methoxy groups -OCH3 is 1. The van der Waals surface area contributed by atoms with Crippen molar-refractivity contribution in [1.82, 2.24) is 4.98 Å². The van der Waals surface area contributed by atoms with Crippen LogP contribution >= 0.6 is 0 Å². The second kappa shape index (κ2) is 8.92. The third-order valence-electron chi connectivity index (χ3n) is 5.52. The molecule has 3 aromatic rings. The fourth-order valence-electron chi connectivity index (χ4n) is 3.97. The van der Waals surface area contributed by atoms with Gasteiger partial charge in [-0.1, -0.05) is 30.3 Å². The monoisotopic (exact) mass is 373 g/mol. The molecule has 28 heavy (non-hydrogen) atoms. The Morgan fingerprint density at radius 2 is 1.68 bits per heavy atom. The lowest BCUT2D eigenvalue weighted by Gasteiger charge is -2.18. The van der Waals surface area contributed by atoms with Gasteiger partial charge in [-0.3, -0.25) is 4.98 Å². The first-order valence-electron chi connectivity index (χ1n) is 10.2. The van der Waals surface area contributed by atoms with Crippen LogP contribution in [0.15, 0.2) is 67.0 Å². The van der Waals surface area contributed by atoms with Gasteiger partial charge >= 0.3 is 0 Å². The predicted octanol–water partition coefficient (Wildman–Crippen LogP) is 5.86. The lowest BCUT2D eigenvalue weighted by molar-refractivity contribution is 0.201. The van der Waals surface area contributed by atoms with Gasteiger partial charge in [-0.25, -0.2) is 0 Å². The van der Waals surface area contributed by atoms with E-state index >= 15 is 0 Å². The van der Waals surface area contributed by atoms with E-state index in [1.165, 1.54) is 35.1 Å². The minimum absolute atomic E-state index is 0.311. The highest BCUT2D eigenvalue weighted by Gasteiger charge is 2.19. The van der Waals surface area contributed by atoms with Crippen LogP contribution in [0.3, 0.4) is 0 Å². The Morgan fingerprint density at radius 1 is 0.893 bits per heavy atom. The molecule has 0 bridgehead atoms. The molecule has 144 valence electrons. The fourth-order valence-corrected chi connectivity index (χ4v) is 3.97. The van der Waals surface area contributed by atoms with Crippen molar-refractivity contribution in [3.63, 3.8) is 0 Å². The highest BCUT2D eigenvalue weighted by atomic mass is 16.5. The Bertz CT molecular complexity index is 901. The third-order valence-corrected chi connectivity index (χ3v) is 5.52. The van der Waals surface area contributed by atoms with E-state index < -0.39 is 0 Å². The van der Waals surface area contributed by atoms with Gasteiger partial charge in [0.15, 0.2) is 11.5 Å². The molecule has 0 radical (unpaired) electrons. The number of benzene rings is 2. The Labute approximate surface area is 167 Å². The summed E-state index contributed by atoms with van der Waals surface area (Å²) in [5.74, 6) is 1.67. The van der Waals surface area contributed by atoms with E-state index in [0.29, 0.717) is 6.10 Å². The van der Waals surface area contributed by atoms with Crippen LogP contribution in [-0.4, -0.2) is 18.2 Å². The van der Waals surface area contributed by atoms with Crippen molar-refractivity contribution in [3.05, 3.63) is 78.1 Å². The van der Waals surface area contributed by atoms with E-state index in [4.69, 9.17) is 9.47 Å². The first-order valence-corrected chi connectivity index (χ1v) is 10.2. The van der Waals surface area contributed by atoms with Gasteiger partial charge in [0.1, 0.15) is 0 Å². The summed E-state index contributed by atoms with van der Waals surface area (Å²) in [5.41, 5.74) is 5.09. The van der Waals surface area contributed by atoms with Crippen LogP contribution in [0.2, 0.25) is 0 Å². The average Bonchev–Trinajstić information content (AvgIpc) is 3.26. The number of aromatic nitrogens is 1. The van der Waals surface area contributed by atoms with Crippen molar-refractivity contribution >= 4 is 0 Å². The maximum absolute atomic E-state index is 6.30. The Kier molecular flexibility index (Phi) is 5.91. The molecular formula is C25H27NO2. The number of ether oxygens (including phenoxy) is 2. The maximum Gasteiger partial charge on any atom is 0.162 e. The maximum atomic E-state index is 6.30. The van der Waals surface area contributed by atoms with E-state index in [9.17, 15) is 0 Å². The van der Waals surface area contributed by atoms with Crippen molar-refractivity contribution in [2.45, 2.75) is 44.6 Å². The van der Waals surface area contributed by atoms with Gasteiger partial charge < -0.3 is 9.47 Å². The summed E-state index contributed by atoms with van der Waals surface area (Å²) in [6.45, 7) is 0. The van der Waals surface area contributed by atoms with Gasteiger partial charge in [0.25, 0.3) is 0 Å². The molecule has 0 amide bonds. The molecule has 1 aliphatic rings. The number of aryl methyl sites for hydroxylation is 2. The van der Waals surface area contributed by atoms with Gasteiger partial charge in [-0.05, 0) is 85.0 Å². The SMILES string of the molecule is COc1ccc(-c2ccccc2CCc2ccncc2)cc1OC1CCCC1. The van der Waals surface area contributed by atoms with Crippen LogP contribution in [0.1, 0.15) is 36.8 Å². The van der Waals surface area contributed by atoms with Crippen molar-refractivity contribution in [2.75, 3.05) is 7.11 Å². The molecule has 0 N–H and O–H groups in total. The summed E-state index contributed by atoms with van der Waals surface area (Å²) < 4.78 is 11.8. The topological polar surface area (TPSA) is 31.4 Å². The molecule has 4 rings (SSSR count). The first kappa shape index (κ1) is 18.5. The molecule has 0 atom stereocenters. The number of pyridine rings is 1. The summed E-state index contributed by atoms with van der Waals surface area (Å²) in [7, 11) is 1.71. The molecule has 1 fully saturated rings. The molecule has 2 aromatic carbocycles. The summed E-state index contributed by atoms with van der Waals surface area (Å²) >= 11 is 0. The summed E-state index contributed by atoms with van der Waals surface area (Å²) in [6.07, 6.45) is 10.8. The lowest BCUT2D eigenvalue weighted by atomic mass is 9.95. The second-order valence-electron chi connectivity index (χ2n) is 7.40. The van der Waals surface area contributed by atoms with Crippen LogP contribution < -0.4 is 9.47 Å². The van der Waals surface area contributed by atoms with Gasteiger partial charge in [-0.15, -0.1) is 0 Å². The highest BCUT2D eigenvalue weighted by Crippen LogP contribution is 2.36. The smallest absolute Gasteiger partial charge is 0.162 e. The Balaban J connectivity index is 1.59. The van der Waals surface area contributed by atoms with E-state index in [1.807, 2.05) is 18.5 Å². The number of hydrogen-bond donors (Lipinski definition) is 0. The van der Waals surface area contributed by atoms with Crippen LogP contribution in [0.4, 0.5) is 0 Å². The van der Waals surface area contributed by atoms with Gasteiger partial charge in [0.05, 0.1) is 13.2 Å². The Hall–Kier alpha value is -2.81. The zero-order chi connectivity index (χ0) is 19.2. The fraction of sp³-hybridized carbons (Fsp3) is 0.320. The summed E-state index contributed by atoms with van der Waals surface area (Å²) in [4.78, 5) is 4.11. The summed E-state index contributed by atoms with van der Waals surface area (Å²) in [6, 6.07) is 19.1. The molecule has 1 aromatic heterocycles. The highest BCUT2D eigenvalue weighted by molar-refractivity contribution is 5.70. The molecule has 1 aliphatic carbocycles. The predicted molar refractivity (Wildman–Crippen MR) is 113 cm³/mol. The van der Waals surface area contributed by atoms with E-state index in [0.717, 1.165) is 37.2 Å². The lowest BCUT2D eigenvalue weighted by Crippen LogP contribution is -2.11. The van der Waals surface area contributed by atoms with Crippen LogP contribution in [0, 0.1) is 0 Å². The standard InChI is InChI=1S/C25H27NO2/c1-27-24-13-12-21(18-25(24)28-22-7-3-4-8-22)23-9-5-2-6-20(23)11-10-19-14-16-26-17-15-19/h2,5-6,9,12-18,22H,3-4,7-8,10-11H2,1H3. The molecule has 1 heterocycles. The van der Waals surface area contributed by atoms with Crippen molar-refractivity contribution in [3.8, 4) is 22.6 Å². The summed E-state index contributed by atoms with van der Waals surface area (Å²) in [5, 5.41) is 0. The molecule has 3 nitrogen and oxygen atoms in total. The van der Waals surface area contributed by atoms with E-state index in [1.54, 1.807) is 7.11 Å². The minimum atomic E-state index is 0.311. The van der Waals surface area contributed by atoms with E-state index in [-0.39, 0.29) is 0 Å². The normalized spacial score (nSPS) is 14.2. The van der Waals surface area contributed by atoms with Gasteiger partial charge in [0, 0.05) is 12.4 Å². The molecular weight excluding hydrogens is 346 g/mol. The minimum Gasteiger partial charge on any atom is -0.493 e. The number of hydrogen-bond acceptors (Lipinski definition) is 3. The van der Waals surface area contributed by atoms with E-state index in [2.05, 4.69) is 53.5 Å². The van der Waals surface area contributed by atoms with Crippen LogP contribution in [0.25, 0.3) is 11.1 Å². The Morgan fingerprint density at radius 3 is 2.46 bits per heavy atom. The molecule has 0 saturated heterocycles. The molecule has 0 unspecified atom stereocenters. The van der Waals surface area contributed by atoms with Crippen molar-refractivity contribution in [2.24, 2.45) is 0 Å². The molecule has 3 heteroatoms. The van der Waals surface area contributed by atoms with Crippen LogP contribution in [-0.2, 0) is 12.8 Å².